The number of hydrogen-bond donors (Lipinski definition) is 3. The number of carboxylic acids is 1. The van der Waals surface area contributed by atoms with E-state index in [1.165, 1.54) is 24.3 Å². The zero-order valence-electron chi connectivity index (χ0n) is 31.7. The molecule has 308 valence electrons. The highest BCUT2D eigenvalue weighted by atomic mass is 19.4. The third kappa shape index (κ3) is 12.1. The molecule has 0 aliphatic carbocycles. The number of carbonyl (C=O) groups is 4. The highest BCUT2D eigenvalue weighted by molar-refractivity contribution is 6.09. The number of halogens is 6. The monoisotopic (exact) mass is 826 g/mol. The van der Waals surface area contributed by atoms with Crippen molar-refractivity contribution in [3.63, 3.8) is 0 Å². The first-order chi connectivity index (χ1) is 28.5. The van der Waals surface area contributed by atoms with Gasteiger partial charge in [-0.05, 0) is 101 Å². The minimum absolute atomic E-state index is 0.120. The molecule has 2 amide bonds. The number of anilines is 2. The molecule has 0 unspecified atom stereocenters. The van der Waals surface area contributed by atoms with Crippen molar-refractivity contribution in [1.82, 2.24) is 0 Å². The van der Waals surface area contributed by atoms with Gasteiger partial charge in [-0.2, -0.15) is 26.3 Å². The van der Waals surface area contributed by atoms with Crippen LogP contribution in [-0.2, 0) is 39.5 Å². The number of amides is 2. The van der Waals surface area contributed by atoms with E-state index in [1.54, 1.807) is 104 Å². The average molecular weight is 827 g/mol. The number of benzene rings is 6. The molecule has 3 N–H and O–H groups in total. The molecule has 0 radical (unpaired) electrons. The maximum atomic E-state index is 12.8. The Hall–Kier alpha value is -7.22. The van der Waals surface area contributed by atoms with Gasteiger partial charge >= 0.3 is 24.3 Å². The Morgan fingerprint density at radius 2 is 0.883 bits per heavy atom. The Labute approximate surface area is 340 Å². The van der Waals surface area contributed by atoms with Gasteiger partial charge in [-0.15, -0.1) is 0 Å². The van der Waals surface area contributed by atoms with Gasteiger partial charge in [0.25, 0.3) is 11.8 Å². The third-order valence-electron chi connectivity index (χ3n) is 8.82. The number of aliphatic carboxylic acids is 1. The van der Waals surface area contributed by atoms with Gasteiger partial charge in [0.15, 0.2) is 0 Å². The molecule has 0 aliphatic rings. The van der Waals surface area contributed by atoms with E-state index >= 15 is 0 Å². The summed E-state index contributed by atoms with van der Waals surface area (Å²) in [7, 11) is 0. The van der Waals surface area contributed by atoms with Crippen molar-refractivity contribution in [3.8, 4) is 22.3 Å². The Kier molecular flexibility index (Phi) is 14.3. The number of esters is 1. The lowest BCUT2D eigenvalue weighted by Gasteiger charge is -2.12. The van der Waals surface area contributed by atoms with E-state index in [0.29, 0.717) is 56.9 Å². The predicted octanol–water partition coefficient (Wildman–Crippen LogP) is 11.0. The van der Waals surface area contributed by atoms with Crippen molar-refractivity contribution >= 4 is 35.1 Å². The average Bonchev–Trinajstić information content (AvgIpc) is 3.22. The van der Waals surface area contributed by atoms with Crippen LogP contribution in [0.1, 0.15) is 49.9 Å². The lowest BCUT2D eigenvalue weighted by atomic mass is 9.98. The molecular weight excluding hydrogens is 791 g/mol. The van der Waals surface area contributed by atoms with Crippen LogP contribution >= 0.6 is 0 Å². The normalized spacial score (nSPS) is 11.1. The number of alkyl halides is 6. The molecule has 14 heteroatoms. The van der Waals surface area contributed by atoms with Crippen LogP contribution in [0, 0.1) is 0 Å². The Balaban J connectivity index is 0.000000228. The van der Waals surface area contributed by atoms with Crippen molar-refractivity contribution in [3.05, 3.63) is 179 Å². The van der Waals surface area contributed by atoms with Gasteiger partial charge in [-0.25, -0.2) is 0 Å². The molecule has 0 heterocycles. The standard InChI is InChI=1S/C24H20F3NO3.C22H16F3NO3/c1-2-31-22(29)15-16-7-13-19(14-8-16)28-23(30)21-6-4-3-5-20(21)17-9-11-18(12-10-17)24(25,26)27;23-22(24,25)16-9-7-15(8-10-16)18-3-1-2-4-19(18)21(29)26-17-11-5-14(6-12-17)13-20(27)28/h3-14H,2,15H2,1H3,(H,28,30);1-12H,13H2,(H,26,29)(H,27,28). The zero-order chi connectivity index (χ0) is 43.5. The first-order valence-electron chi connectivity index (χ1n) is 18.2. The van der Waals surface area contributed by atoms with Gasteiger partial charge in [0.1, 0.15) is 0 Å². The molecule has 0 aromatic heterocycles. The second-order valence-corrected chi connectivity index (χ2v) is 13.1. The molecule has 0 saturated carbocycles. The third-order valence-corrected chi connectivity index (χ3v) is 8.82. The van der Waals surface area contributed by atoms with Gasteiger partial charge in [0, 0.05) is 22.5 Å². The Morgan fingerprint density at radius 3 is 1.23 bits per heavy atom. The molecule has 0 aliphatic heterocycles. The summed E-state index contributed by atoms with van der Waals surface area (Å²) in [6.07, 6.45) is -8.83. The SMILES string of the molecule is CCOC(=O)Cc1ccc(NC(=O)c2ccccc2-c2ccc(C(F)(F)F)cc2)cc1.O=C(O)Cc1ccc(NC(=O)c2ccccc2-c2ccc(C(F)(F)F)cc2)cc1. The van der Waals surface area contributed by atoms with Crippen molar-refractivity contribution in [1.29, 1.82) is 0 Å². The number of carboxylic acid groups (broad SMARTS) is 1. The number of hydrogen-bond acceptors (Lipinski definition) is 5. The summed E-state index contributed by atoms with van der Waals surface area (Å²) in [6, 6.07) is 35.8. The molecule has 0 saturated heterocycles. The summed E-state index contributed by atoms with van der Waals surface area (Å²) >= 11 is 0. The second-order valence-electron chi connectivity index (χ2n) is 13.1. The molecule has 60 heavy (non-hydrogen) atoms. The van der Waals surface area contributed by atoms with Crippen LogP contribution < -0.4 is 10.6 Å². The largest absolute Gasteiger partial charge is 0.481 e. The molecule has 0 bridgehead atoms. The highest BCUT2D eigenvalue weighted by Crippen LogP contribution is 2.33. The minimum Gasteiger partial charge on any atom is -0.481 e. The molecule has 0 atom stereocenters. The molecule has 0 spiro atoms. The molecular formula is C46H36F6N2O6. The van der Waals surface area contributed by atoms with Crippen molar-refractivity contribution in [2.45, 2.75) is 32.1 Å². The molecule has 6 aromatic carbocycles. The van der Waals surface area contributed by atoms with Crippen LogP contribution in [0.4, 0.5) is 37.7 Å². The van der Waals surface area contributed by atoms with E-state index in [1.807, 2.05) is 0 Å². The van der Waals surface area contributed by atoms with Crippen LogP contribution in [0.2, 0.25) is 0 Å². The van der Waals surface area contributed by atoms with E-state index in [9.17, 15) is 45.5 Å². The van der Waals surface area contributed by atoms with Gasteiger partial charge in [0.05, 0.1) is 30.6 Å². The quantitative estimate of drug-likeness (QED) is 0.0883. The van der Waals surface area contributed by atoms with E-state index < -0.39 is 41.3 Å². The van der Waals surface area contributed by atoms with Crippen LogP contribution in [0.3, 0.4) is 0 Å². The van der Waals surface area contributed by atoms with Crippen LogP contribution in [0.5, 0.6) is 0 Å². The summed E-state index contributed by atoms with van der Waals surface area (Å²) < 4.78 is 81.7. The summed E-state index contributed by atoms with van der Waals surface area (Å²) in [4.78, 5) is 47.8. The van der Waals surface area contributed by atoms with Crippen LogP contribution in [-0.4, -0.2) is 35.5 Å². The summed E-state index contributed by atoms with van der Waals surface area (Å²) in [5.74, 6) is -2.10. The number of nitrogens with one attached hydrogen (secondary N) is 2. The minimum atomic E-state index is -4.43. The first kappa shape index (κ1) is 43.9. The van der Waals surface area contributed by atoms with Crippen molar-refractivity contribution < 1.29 is 55.4 Å². The molecule has 6 rings (SSSR count). The lowest BCUT2D eigenvalue weighted by Crippen LogP contribution is -2.13. The van der Waals surface area contributed by atoms with Gasteiger partial charge < -0.3 is 20.5 Å². The number of carbonyl (C=O) groups excluding carboxylic acids is 3. The summed E-state index contributed by atoms with van der Waals surface area (Å²) in [5, 5.41) is 14.3. The second kappa shape index (κ2) is 19.5. The number of rotatable bonds is 11. The fourth-order valence-corrected chi connectivity index (χ4v) is 5.91. The maximum absolute atomic E-state index is 12.8. The lowest BCUT2D eigenvalue weighted by molar-refractivity contribution is -0.142. The van der Waals surface area contributed by atoms with Crippen LogP contribution in [0.25, 0.3) is 22.3 Å². The van der Waals surface area contributed by atoms with Gasteiger partial charge in [-0.3, -0.25) is 19.2 Å². The molecule has 6 aromatic rings. The fourth-order valence-electron chi connectivity index (χ4n) is 5.91. The first-order valence-corrected chi connectivity index (χ1v) is 18.2. The Morgan fingerprint density at radius 1 is 0.517 bits per heavy atom. The number of ether oxygens (including phenoxy) is 1. The van der Waals surface area contributed by atoms with E-state index in [0.717, 1.165) is 29.8 Å². The summed E-state index contributed by atoms with van der Waals surface area (Å²) in [5.41, 5.74) is 3.50. The van der Waals surface area contributed by atoms with Gasteiger partial charge in [0.2, 0.25) is 0 Å². The van der Waals surface area contributed by atoms with Crippen molar-refractivity contribution in [2.75, 3.05) is 17.2 Å². The van der Waals surface area contributed by atoms with E-state index in [-0.39, 0.29) is 18.8 Å². The van der Waals surface area contributed by atoms with Crippen LogP contribution in [0.15, 0.2) is 146 Å². The van der Waals surface area contributed by atoms with E-state index in [4.69, 9.17) is 9.84 Å². The fraction of sp³-hybridized carbons (Fsp3) is 0.130. The van der Waals surface area contributed by atoms with Crippen molar-refractivity contribution in [2.24, 2.45) is 0 Å². The molecule has 0 fully saturated rings. The smallest absolute Gasteiger partial charge is 0.416 e. The molecule has 8 nitrogen and oxygen atoms in total. The van der Waals surface area contributed by atoms with Gasteiger partial charge in [-0.1, -0.05) is 84.9 Å². The predicted molar refractivity (Wildman–Crippen MR) is 214 cm³/mol. The zero-order valence-corrected chi connectivity index (χ0v) is 31.7. The highest BCUT2D eigenvalue weighted by Gasteiger charge is 2.31. The summed E-state index contributed by atoms with van der Waals surface area (Å²) in [6.45, 7) is 2.05. The Bertz CT molecular complexity index is 2430. The maximum Gasteiger partial charge on any atom is 0.416 e. The topological polar surface area (TPSA) is 122 Å². The van der Waals surface area contributed by atoms with E-state index in [2.05, 4.69) is 10.6 Å².